The van der Waals surface area contributed by atoms with E-state index in [9.17, 15) is 0 Å². The molecule has 11 aromatic carbocycles. The van der Waals surface area contributed by atoms with Crippen LogP contribution in [-0.2, 0) is 0 Å². The van der Waals surface area contributed by atoms with Gasteiger partial charge in [0.25, 0.3) is 0 Å². The fourth-order valence-corrected chi connectivity index (χ4v) is 12.3. The number of hydrogen-bond acceptors (Lipinski definition) is 2. The minimum Gasteiger partial charge on any atom is -0.309 e. The SMILES string of the molecule is c1ccc(-c2nc(-c3cc(-n4c5ccccc5c5ccccc54)ccc3-n3c4ccccc4c4ccccc43)cc(-c3cc(-n4c5ccccc5c5ccccc54)ccc3-n3c4ccccc4c4ccccc43)n2)cc1. The van der Waals surface area contributed by atoms with Crippen LogP contribution in [0.5, 0.6) is 0 Å². The zero-order valence-corrected chi connectivity index (χ0v) is 41.1. The second-order valence-corrected chi connectivity index (χ2v) is 19.7. The van der Waals surface area contributed by atoms with Gasteiger partial charge in [0.1, 0.15) is 0 Å². The number of hydrogen-bond donors (Lipinski definition) is 0. The molecular weight excluding hydrogens is 925 g/mol. The molecule has 0 saturated carbocycles. The fraction of sp³-hybridized carbons (Fsp3) is 0. The zero-order valence-electron chi connectivity index (χ0n) is 41.1. The van der Waals surface area contributed by atoms with Gasteiger partial charge in [0.2, 0.25) is 0 Å². The van der Waals surface area contributed by atoms with Gasteiger partial charge < -0.3 is 18.3 Å². The van der Waals surface area contributed by atoms with Gasteiger partial charge in [0, 0.05) is 71.2 Å². The number of para-hydroxylation sites is 8. The molecule has 76 heavy (non-hydrogen) atoms. The Kier molecular flexibility index (Phi) is 9.23. The minimum absolute atomic E-state index is 0.638. The van der Waals surface area contributed by atoms with Crippen molar-refractivity contribution in [2.45, 2.75) is 0 Å². The van der Waals surface area contributed by atoms with Crippen molar-refractivity contribution in [1.29, 1.82) is 0 Å². The van der Waals surface area contributed by atoms with Crippen molar-refractivity contribution < 1.29 is 0 Å². The summed E-state index contributed by atoms with van der Waals surface area (Å²) in [5.74, 6) is 0.638. The molecule has 5 heterocycles. The summed E-state index contributed by atoms with van der Waals surface area (Å²) in [7, 11) is 0. The van der Waals surface area contributed by atoms with Crippen LogP contribution in [-0.4, -0.2) is 28.2 Å². The Morgan fingerprint density at radius 1 is 0.224 bits per heavy atom. The number of nitrogens with zero attached hydrogens (tertiary/aromatic N) is 6. The average molecular weight is 969 g/mol. The van der Waals surface area contributed by atoms with Gasteiger partial charge in [0.15, 0.2) is 5.82 Å². The van der Waals surface area contributed by atoms with Crippen molar-refractivity contribution in [1.82, 2.24) is 28.2 Å². The van der Waals surface area contributed by atoms with Gasteiger partial charge in [-0.2, -0.15) is 0 Å². The van der Waals surface area contributed by atoms with E-state index in [1.807, 2.05) is 0 Å². The van der Waals surface area contributed by atoms with E-state index in [0.717, 1.165) is 95.0 Å². The topological polar surface area (TPSA) is 45.5 Å². The maximum Gasteiger partial charge on any atom is 0.160 e. The lowest BCUT2D eigenvalue weighted by Crippen LogP contribution is -2.05. The normalized spacial score (nSPS) is 11.9. The second kappa shape index (κ2) is 16.6. The lowest BCUT2D eigenvalue weighted by molar-refractivity contribution is 1.12. The first kappa shape index (κ1) is 42.2. The summed E-state index contributed by atoms with van der Waals surface area (Å²) >= 11 is 0. The lowest BCUT2D eigenvalue weighted by atomic mass is 10.0. The largest absolute Gasteiger partial charge is 0.309 e. The van der Waals surface area contributed by atoms with Crippen LogP contribution in [0.3, 0.4) is 0 Å². The van der Waals surface area contributed by atoms with Gasteiger partial charge >= 0.3 is 0 Å². The molecule has 0 N–H and O–H groups in total. The molecule has 0 unspecified atom stereocenters. The van der Waals surface area contributed by atoms with E-state index in [4.69, 9.17) is 9.97 Å². The van der Waals surface area contributed by atoms with Gasteiger partial charge in [-0.1, -0.05) is 176 Å². The Morgan fingerprint density at radius 2 is 0.487 bits per heavy atom. The van der Waals surface area contributed by atoms with Crippen LogP contribution in [0.2, 0.25) is 0 Å². The number of aromatic nitrogens is 6. The maximum atomic E-state index is 5.68. The van der Waals surface area contributed by atoms with E-state index in [1.165, 1.54) is 43.1 Å². The average Bonchev–Trinajstić information content (AvgIpc) is 4.36. The van der Waals surface area contributed by atoms with Crippen molar-refractivity contribution in [2.24, 2.45) is 0 Å². The Bertz CT molecular complexity index is 4500. The lowest BCUT2D eigenvalue weighted by Gasteiger charge is -2.19. The van der Waals surface area contributed by atoms with Crippen molar-refractivity contribution in [3.05, 3.63) is 267 Å². The Hall–Kier alpha value is -10.3. The van der Waals surface area contributed by atoms with Crippen LogP contribution in [0.15, 0.2) is 267 Å². The molecule has 6 heteroatoms. The van der Waals surface area contributed by atoms with E-state index >= 15 is 0 Å². The molecule has 0 aliphatic rings. The fourth-order valence-electron chi connectivity index (χ4n) is 12.3. The monoisotopic (exact) mass is 968 g/mol. The first-order valence-corrected chi connectivity index (χ1v) is 25.9. The molecule has 0 amide bonds. The van der Waals surface area contributed by atoms with E-state index in [0.29, 0.717) is 5.82 Å². The molecule has 0 aliphatic heterocycles. The third-order valence-corrected chi connectivity index (χ3v) is 15.6. The van der Waals surface area contributed by atoms with Crippen LogP contribution in [0.1, 0.15) is 0 Å². The molecule has 5 aromatic heterocycles. The van der Waals surface area contributed by atoms with Gasteiger partial charge in [-0.25, -0.2) is 9.97 Å². The summed E-state index contributed by atoms with van der Waals surface area (Å²) in [4.78, 5) is 11.4. The van der Waals surface area contributed by atoms with E-state index in [1.54, 1.807) is 0 Å². The van der Waals surface area contributed by atoms with Gasteiger partial charge in [-0.15, -0.1) is 0 Å². The first-order chi connectivity index (χ1) is 37.7. The van der Waals surface area contributed by atoms with Crippen LogP contribution >= 0.6 is 0 Å². The quantitative estimate of drug-likeness (QED) is 0.160. The highest BCUT2D eigenvalue weighted by Crippen LogP contribution is 2.43. The summed E-state index contributed by atoms with van der Waals surface area (Å²) in [6.07, 6.45) is 0. The first-order valence-electron chi connectivity index (χ1n) is 25.9. The Balaban J connectivity index is 1.04. The van der Waals surface area contributed by atoms with E-state index in [2.05, 4.69) is 285 Å². The highest BCUT2D eigenvalue weighted by molar-refractivity contribution is 6.13. The summed E-state index contributed by atoms with van der Waals surface area (Å²) in [5, 5.41) is 9.63. The van der Waals surface area contributed by atoms with Gasteiger partial charge in [-0.05, 0) is 91.0 Å². The number of benzene rings is 11. The second-order valence-electron chi connectivity index (χ2n) is 19.7. The Morgan fingerprint density at radius 3 is 0.789 bits per heavy atom. The molecule has 0 atom stereocenters. The van der Waals surface area contributed by atoms with E-state index < -0.39 is 0 Å². The van der Waals surface area contributed by atoms with Crippen molar-refractivity contribution in [3.63, 3.8) is 0 Å². The Labute approximate surface area is 436 Å². The summed E-state index contributed by atoms with van der Waals surface area (Å²) in [6, 6.07) is 96.4. The predicted octanol–water partition coefficient (Wildman–Crippen LogP) is 17.9. The molecular formula is C70H44N6. The van der Waals surface area contributed by atoms with Crippen molar-refractivity contribution in [3.8, 4) is 56.7 Å². The molecule has 0 bridgehead atoms. The molecule has 16 rings (SSSR count). The molecule has 0 fully saturated rings. The van der Waals surface area contributed by atoms with Crippen molar-refractivity contribution >= 4 is 87.2 Å². The van der Waals surface area contributed by atoms with Gasteiger partial charge in [-0.3, -0.25) is 0 Å². The minimum atomic E-state index is 0.638. The molecule has 6 nitrogen and oxygen atoms in total. The van der Waals surface area contributed by atoms with Crippen LogP contribution in [0, 0.1) is 0 Å². The summed E-state index contributed by atoms with van der Waals surface area (Å²) in [6.45, 7) is 0. The van der Waals surface area contributed by atoms with E-state index in [-0.39, 0.29) is 0 Å². The zero-order chi connectivity index (χ0) is 49.8. The molecule has 0 radical (unpaired) electrons. The van der Waals surface area contributed by atoms with Crippen LogP contribution in [0.4, 0.5) is 0 Å². The number of fused-ring (bicyclic) bond motifs is 12. The van der Waals surface area contributed by atoms with Gasteiger partial charge in [0.05, 0.1) is 66.9 Å². The molecule has 354 valence electrons. The summed E-state index contributed by atoms with van der Waals surface area (Å²) < 4.78 is 9.65. The summed E-state index contributed by atoms with van der Waals surface area (Å²) in [5.41, 5.74) is 17.7. The highest BCUT2D eigenvalue weighted by Gasteiger charge is 2.24. The standard InChI is InChI=1S/C70H44N6/c1-2-20-45(21-3-1)70-71-58(56-42-46(73-60-30-12-4-22-48(60)49-23-5-13-31-61(49)73)38-40-68(56)75-64-34-16-8-26-52(64)53-27-9-17-35-65(53)75)44-59(72-70)57-43-47(74-62-32-14-6-24-50(62)51-25-7-15-33-63(51)74)39-41-69(57)76-66-36-18-10-28-54(66)55-29-11-19-37-67(55)76/h1-44H. The third-order valence-electron chi connectivity index (χ3n) is 15.6. The highest BCUT2D eigenvalue weighted by atomic mass is 15.0. The van der Waals surface area contributed by atoms with Crippen LogP contribution in [0.25, 0.3) is 144 Å². The van der Waals surface area contributed by atoms with Crippen LogP contribution < -0.4 is 0 Å². The molecule has 0 aliphatic carbocycles. The number of rotatable bonds is 7. The third kappa shape index (κ3) is 6.28. The molecule has 16 aromatic rings. The predicted molar refractivity (Wildman–Crippen MR) is 316 cm³/mol. The molecule has 0 spiro atoms. The molecule has 0 saturated heterocycles. The smallest absolute Gasteiger partial charge is 0.160 e. The maximum absolute atomic E-state index is 5.68. The van der Waals surface area contributed by atoms with Crippen molar-refractivity contribution in [2.75, 3.05) is 0 Å².